The summed E-state index contributed by atoms with van der Waals surface area (Å²) in [4.78, 5) is 11.8. The van der Waals surface area contributed by atoms with E-state index < -0.39 is 0 Å². The van der Waals surface area contributed by atoms with Crippen molar-refractivity contribution in [1.29, 1.82) is 0 Å². The van der Waals surface area contributed by atoms with Gasteiger partial charge in [0, 0.05) is 17.1 Å². The first-order valence-corrected chi connectivity index (χ1v) is 6.70. The van der Waals surface area contributed by atoms with Crippen LogP contribution in [0.5, 0.6) is 0 Å². The quantitative estimate of drug-likeness (QED) is 0.787. The molecule has 0 unspecified atom stereocenters. The number of unbranched alkanes of at least 4 members (excludes halogenated alkanes) is 2. The number of rotatable bonds is 5. The van der Waals surface area contributed by atoms with Crippen LogP contribution in [0.4, 0.5) is 0 Å². The van der Waals surface area contributed by atoms with E-state index in [1.165, 1.54) is 12.8 Å². The van der Waals surface area contributed by atoms with Gasteiger partial charge in [-0.3, -0.25) is 4.79 Å². The number of ketones is 1. The van der Waals surface area contributed by atoms with Gasteiger partial charge in [0.1, 0.15) is 5.76 Å². The molecule has 1 atom stereocenters. The first-order valence-electron chi connectivity index (χ1n) is 6.70. The van der Waals surface area contributed by atoms with Crippen LogP contribution in [-0.2, 0) is 4.79 Å². The van der Waals surface area contributed by atoms with E-state index in [9.17, 15) is 9.90 Å². The van der Waals surface area contributed by atoms with Crippen molar-refractivity contribution in [2.24, 2.45) is 0 Å². The SMILES string of the molecule is CCCCC[C@@H]1C(C(C)=O)=C(O)c2ccccc21. The summed E-state index contributed by atoms with van der Waals surface area (Å²) >= 11 is 0. The molecule has 0 heterocycles. The van der Waals surface area contributed by atoms with Gasteiger partial charge in [0.2, 0.25) is 0 Å². The summed E-state index contributed by atoms with van der Waals surface area (Å²) in [5.41, 5.74) is 2.55. The van der Waals surface area contributed by atoms with E-state index in [4.69, 9.17) is 0 Å². The normalized spacial score (nSPS) is 18.0. The molecule has 1 aliphatic carbocycles. The van der Waals surface area contributed by atoms with Gasteiger partial charge in [-0.1, -0.05) is 50.5 Å². The summed E-state index contributed by atoms with van der Waals surface area (Å²) in [6.45, 7) is 3.71. The molecule has 18 heavy (non-hydrogen) atoms. The largest absolute Gasteiger partial charge is 0.507 e. The zero-order valence-electron chi connectivity index (χ0n) is 11.1. The molecule has 0 amide bonds. The fourth-order valence-electron chi connectivity index (χ4n) is 2.79. The number of fused-ring (bicyclic) bond motifs is 1. The molecule has 0 bridgehead atoms. The molecular formula is C16H20O2. The Morgan fingerprint density at radius 1 is 1.28 bits per heavy atom. The van der Waals surface area contributed by atoms with Crippen LogP contribution in [0.1, 0.15) is 56.6 Å². The zero-order chi connectivity index (χ0) is 13.1. The number of carbonyl (C=O) groups excluding carboxylic acids is 1. The van der Waals surface area contributed by atoms with E-state index in [-0.39, 0.29) is 17.5 Å². The van der Waals surface area contributed by atoms with Crippen LogP contribution in [0, 0.1) is 0 Å². The first kappa shape index (κ1) is 12.9. The number of benzene rings is 1. The van der Waals surface area contributed by atoms with Gasteiger partial charge in [0.15, 0.2) is 5.78 Å². The Morgan fingerprint density at radius 2 is 2.00 bits per heavy atom. The molecule has 0 saturated heterocycles. The van der Waals surface area contributed by atoms with Crippen molar-refractivity contribution in [3.63, 3.8) is 0 Å². The van der Waals surface area contributed by atoms with Crippen molar-refractivity contribution in [2.75, 3.05) is 0 Å². The molecule has 1 aromatic rings. The van der Waals surface area contributed by atoms with Crippen molar-refractivity contribution < 1.29 is 9.90 Å². The number of Topliss-reactive ketones (excluding diaryl/α,β-unsaturated/α-hetero) is 1. The molecule has 96 valence electrons. The predicted octanol–water partition coefficient (Wildman–Crippen LogP) is 4.22. The van der Waals surface area contributed by atoms with Gasteiger partial charge in [0.25, 0.3) is 0 Å². The summed E-state index contributed by atoms with van der Waals surface area (Å²) in [5.74, 6) is 0.273. The van der Waals surface area contributed by atoms with E-state index >= 15 is 0 Å². The Kier molecular flexibility index (Phi) is 3.85. The Bertz CT molecular complexity index is 486. The minimum atomic E-state index is -0.00908. The van der Waals surface area contributed by atoms with Gasteiger partial charge in [0.05, 0.1) is 0 Å². The van der Waals surface area contributed by atoms with Gasteiger partial charge >= 0.3 is 0 Å². The van der Waals surface area contributed by atoms with Crippen LogP contribution in [0.15, 0.2) is 29.8 Å². The molecule has 2 nitrogen and oxygen atoms in total. The van der Waals surface area contributed by atoms with Gasteiger partial charge < -0.3 is 5.11 Å². The maximum Gasteiger partial charge on any atom is 0.160 e. The van der Waals surface area contributed by atoms with Crippen LogP contribution in [0.25, 0.3) is 5.76 Å². The molecule has 1 N–H and O–H groups in total. The molecule has 0 aromatic heterocycles. The molecule has 0 spiro atoms. The van der Waals surface area contributed by atoms with Crippen LogP contribution in [0.2, 0.25) is 0 Å². The minimum Gasteiger partial charge on any atom is -0.507 e. The molecule has 0 saturated carbocycles. The van der Waals surface area contributed by atoms with Crippen molar-refractivity contribution in [1.82, 2.24) is 0 Å². The fourth-order valence-corrected chi connectivity index (χ4v) is 2.79. The highest BCUT2D eigenvalue weighted by atomic mass is 16.3. The number of carbonyl (C=O) groups is 1. The maximum absolute atomic E-state index is 11.8. The molecule has 0 radical (unpaired) electrons. The number of aliphatic hydroxyl groups is 1. The van der Waals surface area contributed by atoms with Crippen molar-refractivity contribution in [3.8, 4) is 0 Å². The third-order valence-corrected chi connectivity index (χ3v) is 3.67. The van der Waals surface area contributed by atoms with Gasteiger partial charge in [-0.05, 0) is 18.9 Å². The Balaban J connectivity index is 2.33. The number of aliphatic hydroxyl groups excluding tert-OH is 1. The maximum atomic E-state index is 11.8. The lowest BCUT2D eigenvalue weighted by Gasteiger charge is -2.14. The highest BCUT2D eigenvalue weighted by Crippen LogP contribution is 2.43. The van der Waals surface area contributed by atoms with Crippen LogP contribution < -0.4 is 0 Å². The van der Waals surface area contributed by atoms with Crippen molar-refractivity contribution >= 4 is 11.5 Å². The average Bonchev–Trinajstić information content (AvgIpc) is 2.64. The van der Waals surface area contributed by atoms with Crippen LogP contribution >= 0.6 is 0 Å². The average molecular weight is 244 g/mol. The predicted molar refractivity (Wildman–Crippen MR) is 73.6 cm³/mol. The smallest absolute Gasteiger partial charge is 0.160 e. The molecular weight excluding hydrogens is 224 g/mol. The van der Waals surface area contributed by atoms with Crippen molar-refractivity contribution in [3.05, 3.63) is 41.0 Å². The zero-order valence-corrected chi connectivity index (χ0v) is 11.1. The minimum absolute atomic E-state index is 0.00908. The van der Waals surface area contributed by atoms with Crippen molar-refractivity contribution in [2.45, 2.75) is 45.4 Å². The van der Waals surface area contributed by atoms with E-state index in [2.05, 4.69) is 6.92 Å². The highest BCUT2D eigenvalue weighted by molar-refractivity contribution is 6.03. The van der Waals surface area contributed by atoms with E-state index in [0.29, 0.717) is 5.57 Å². The lowest BCUT2D eigenvalue weighted by Crippen LogP contribution is -2.06. The summed E-state index contributed by atoms with van der Waals surface area (Å²) in [7, 11) is 0. The topological polar surface area (TPSA) is 37.3 Å². The third-order valence-electron chi connectivity index (χ3n) is 3.67. The van der Waals surface area contributed by atoms with E-state index in [0.717, 1.165) is 24.0 Å². The lowest BCUT2D eigenvalue weighted by atomic mass is 9.89. The fraction of sp³-hybridized carbons (Fsp3) is 0.438. The second kappa shape index (κ2) is 5.38. The molecule has 0 aliphatic heterocycles. The second-order valence-electron chi connectivity index (χ2n) is 4.95. The molecule has 2 heteroatoms. The molecule has 0 fully saturated rings. The van der Waals surface area contributed by atoms with Crippen LogP contribution in [-0.4, -0.2) is 10.9 Å². The van der Waals surface area contributed by atoms with Crippen LogP contribution in [0.3, 0.4) is 0 Å². The lowest BCUT2D eigenvalue weighted by molar-refractivity contribution is -0.113. The molecule has 1 aliphatic rings. The standard InChI is InChI=1S/C16H20O2/c1-3-4-5-9-13-12-8-6-7-10-14(12)16(18)15(13)11(2)17/h6-8,10,13,18H,3-5,9H2,1-2H3/t13-/m0/s1. The highest BCUT2D eigenvalue weighted by Gasteiger charge is 2.32. The first-order chi connectivity index (χ1) is 8.66. The van der Waals surface area contributed by atoms with Gasteiger partial charge in [-0.25, -0.2) is 0 Å². The number of allylic oxidation sites excluding steroid dienone is 1. The van der Waals surface area contributed by atoms with E-state index in [1.807, 2.05) is 24.3 Å². The monoisotopic (exact) mass is 244 g/mol. The molecule has 2 rings (SSSR count). The Labute approximate surface area is 108 Å². The number of hydrogen-bond donors (Lipinski definition) is 1. The van der Waals surface area contributed by atoms with Gasteiger partial charge in [-0.2, -0.15) is 0 Å². The summed E-state index contributed by atoms with van der Waals surface area (Å²) in [6.07, 6.45) is 4.38. The summed E-state index contributed by atoms with van der Waals surface area (Å²) < 4.78 is 0. The Morgan fingerprint density at radius 3 is 2.67 bits per heavy atom. The summed E-state index contributed by atoms with van der Waals surface area (Å²) in [6, 6.07) is 7.80. The van der Waals surface area contributed by atoms with Gasteiger partial charge in [-0.15, -0.1) is 0 Å². The molecule has 1 aromatic carbocycles. The Hall–Kier alpha value is -1.57. The second-order valence-corrected chi connectivity index (χ2v) is 4.95. The summed E-state index contributed by atoms with van der Waals surface area (Å²) in [5, 5.41) is 10.2. The van der Waals surface area contributed by atoms with E-state index in [1.54, 1.807) is 6.92 Å². The number of hydrogen-bond acceptors (Lipinski definition) is 2. The third kappa shape index (κ3) is 2.20.